The fourth-order valence-corrected chi connectivity index (χ4v) is 2.64. The zero-order valence-corrected chi connectivity index (χ0v) is 15.3. The molecule has 0 aliphatic carbocycles. The second-order valence-electron chi connectivity index (χ2n) is 6.81. The molecule has 6 nitrogen and oxygen atoms in total. The summed E-state index contributed by atoms with van der Waals surface area (Å²) in [5, 5.41) is 16.4. The van der Waals surface area contributed by atoms with Crippen LogP contribution in [0.1, 0.15) is 52.6 Å². The predicted molar refractivity (Wildman–Crippen MR) is 95.6 cm³/mol. The average molecular weight is 343 g/mol. The molecule has 0 spiro atoms. The van der Waals surface area contributed by atoms with E-state index < -0.39 is 17.9 Å². The van der Waals surface area contributed by atoms with Gasteiger partial charge in [-0.2, -0.15) is 5.10 Å². The molecule has 6 heteroatoms. The third-order valence-corrected chi connectivity index (χ3v) is 4.27. The summed E-state index contributed by atoms with van der Waals surface area (Å²) in [5.74, 6) is -1.13. The highest BCUT2D eigenvalue weighted by molar-refractivity contribution is 5.97. The number of carboxylic acid groups (broad SMARTS) is 1. The van der Waals surface area contributed by atoms with Gasteiger partial charge in [-0.25, -0.2) is 4.79 Å². The molecule has 0 aliphatic rings. The van der Waals surface area contributed by atoms with Crippen LogP contribution >= 0.6 is 0 Å². The number of carbonyl (C=O) groups is 2. The largest absolute Gasteiger partial charge is 0.479 e. The molecule has 0 bridgehead atoms. The molecule has 0 radical (unpaired) electrons. The summed E-state index contributed by atoms with van der Waals surface area (Å²) in [5.41, 5.74) is 3.74. The van der Waals surface area contributed by atoms with E-state index >= 15 is 0 Å². The number of nitrogens with one attached hydrogen (secondary N) is 1. The molecule has 134 valence electrons. The summed E-state index contributed by atoms with van der Waals surface area (Å²) >= 11 is 0. The quantitative estimate of drug-likeness (QED) is 0.844. The molecule has 0 aliphatic heterocycles. The minimum Gasteiger partial charge on any atom is -0.479 e. The summed E-state index contributed by atoms with van der Waals surface area (Å²) in [7, 11) is 0. The van der Waals surface area contributed by atoms with Gasteiger partial charge in [0.25, 0.3) is 5.91 Å². The molecular weight excluding hydrogens is 318 g/mol. The number of aryl methyl sites for hydroxylation is 2. The monoisotopic (exact) mass is 343 g/mol. The molecule has 2 aromatic rings. The van der Waals surface area contributed by atoms with E-state index in [1.54, 1.807) is 16.8 Å². The number of benzene rings is 1. The van der Waals surface area contributed by atoms with Crippen molar-refractivity contribution in [3.05, 3.63) is 52.3 Å². The lowest BCUT2D eigenvalue weighted by molar-refractivity contribution is -0.139. The standard InChI is InChI=1S/C19H25N3O3/c1-11(2)10-22-14(5)16(9-20-22)18(23)21-17(19(24)25)15-7-6-12(3)13(4)8-15/h6-9,11,17H,10H2,1-5H3,(H,21,23)(H,24,25). The highest BCUT2D eigenvalue weighted by atomic mass is 16.4. The van der Waals surface area contributed by atoms with Crippen molar-refractivity contribution in [2.75, 3.05) is 0 Å². The smallest absolute Gasteiger partial charge is 0.330 e. The van der Waals surface area contributed by atoms with Crippen LogP contribution in [0.2, 0.25) is 0 Å². The Hall–Kier alpha value is -2.63. The van der Waals surface area contributed by atoms with Crippen molar-refractivity contribution in [2.45, 2.75) is 47.2 Å². The van der Waals surface area contributed by atoms with Crippen LogP contribution < -0.4 is 5.32 Å². The third-order valence-electron chi connectivity index (χ3n) is 4.27. The van der Waals surface area contributed by atoms with Crippen molar-refractivity contribution in [2.24, 2.45) is 5.92 Å². The minimum atomic E-state index is -1.10. The molecule has 0 saturated heterocycles. The van der Waals surface area contributed by atoms with E-state index in [1.807, 2.05) is 26.8 Å². The van der Waals surface area contributed by atoms with E-state index in [1.165, 1.54) is 6.20 Å². The van der Waals surface area contributed by atoms with Gasteiger partial charge in [0.1, 0.15) is 0 Å². The maximum atomic E-state index is 12.6. The van der Waals surface area contributed by atoms with Crippen LogP contribution in [-0.4, -0.2) is 26.8 Å². The number of carboxylic acids is 1. The van der Waals surface area contributed by atoms with Crippen molar-refractivity contribution >= 4 is 11.9 Å². The van der Waals surface area contributed by atoms with Gasteiger partial charge in [0, 0.05) is 12.2 Å². The highest BCUT2D eigenvalue weighted by Crippen LogP contribution is 2.19. The number of aromatic nitrogens is 2. The van der Waals surface area contributed by atoms with Gasteiger partial charge in [-0.3, -0.25) is 9.48 Å². The Morgan fingerprint density at radius 2 is 1.88 bits per heavy atom. The zero-order chi connectivity index (χ0) is 18.7. The lowest BCUT2D eigenvalue weighted by Gasteiger charge is -2.16. The first-order valence-electron chi connectivity index (χ1n) is 8.34. The van der Waals surface area contributed by atoms with E-state index in [4.69, 9.17) is 0 Å². The molecule has 1 amide bonds. The van der Waals surface area contributed by atoms with Gasteiger partial charge in [-0.1, -0.05) is 32.0 Å². The van der Waals surface area contributed by atoms with Gasteiger partial charge in [0.05, 0.1) is 11.8 Å². The van der Waals surface area contributed by atoms with Crippen LogP contribution in [0.5, 0.6) is 0 Å². The van der Waals surface area contributed by atoms with Crippen LogP contribution in [0.3, 0.4) is 0 Å². The van der Waals surface area contributed by atoms with Crippen molar-refractivity contribution in [3.8, 4) is 0 Å². The zero-order valence-electron chi connectivity index (χ0n) is 15.3. The van der Waals surface area contributed by atoms with Crippen molar-refractivity contribution < 1.29 is 14.7 Å². The van der Waals surface area contributed by atoms with Gasteiger partial charge in [0.15, 0.2) is 6.04 Å². The van der Waals surface area contributed by atoms with Crippen LogP contribution in [0.4, 0.5) is 0 Å². The first kappa shape index (κ1) is 18.7. The fourth-order valence-electron chi connectivity index (χ4n) is 2.64. The summed E-state index contributed by atoms with van der Waals surface area (Å²) in [6, 6.07) is 4.29. The van der Waals surface area contributed by atoms with Crippen molar-refractivity contribution in [1.29, 1.82) is 0 Å². The van der Waals surface area contributed by atoms with Gasteiger partial charge in [0.2, 0.25) is 0 Å². The Balaban J connectivity index is 2.25. The molecule has 0 saturated carbocycles. The molecule has 1 unspecified atom stereocenters. The first-order chi connectivity index (χ1) is 11.7. The van der Waals surface area contributed by atoms with E-state index in [0.29, 0.717) is 23.6 Å². The van der Waals surface area contributed by atoms with Crippen LogP contribution in [-0.2, 0) is 11.3 Å². The first-order valence-corrected chi connectivity index (χ1v) is 8.34. The fraction of sp³-hybridized carbons (Fsp3) is 0.421. The molecular formula is C19H25N3O3. The Kier molecular flexibility index (Phi) is 5.62. The normalized spacial score (nSPS) is 12.2. The Bertz CT molecular complexity index is 793. The Morgan fingerprint density at radius 1 is 1.20 bits per heavy atom. The maximum Gasteiger partial charge on any atom is 0.330 e. The molecule has 0 fully saturated rings. The molecule has 2 rings (SSSR count). The second kappa shape index (κ2) is 7.51. The average Bonchev–Trinajstić information content (AvgIpc) is 2.88. The third kappa shape index (κ3) is 4.26. The van der Waals surface area contributed by atoms with Gasteiger partial charge in [-0.05, 0) is 43.4 Å². The van der Waals surface area contributed by atoms with E-state index in [-0.39, 0.29) is 0 Å². The SMILES string of the molecule is Cc1ccc(C(NC(=O)c2cnn(CC(C)C)c2C)C(=O)O)cc1C. The van der Waals surface area contributed by atoms with E-state index in [2.05, 4.69) is 24.3 Å². The number of hydrogen-bond acceptors (Lipinski definition) is 3. The number of carbonyl (C=O) groups excluding carboxylic acids is 1. The summed E-state index contributed by atoms with van der Waals surface area (Å²) < 4.78 is 1.77. The molecule has 1 atom stereocenters. The molecule has 1 aromatic carbocycles. The van der Waals surface area contributed by atoms with Crippen molar-refractivity contribution in [1.82, 2.24) is 15.1 Å². The van der Waals surface area contributed by atoms with Crippen LogP contribution in [0, 0.1) is 26.7 Å². The number of aliphatic carboxylic acids is 1. The Labute approximate surface area is 147 Å². The number of rotatable bonds is 6. The maximum absolute atomic E-state index is 12.6. The summed E-state index contributed by atoms with van der Waals surface area (Å²) in [6.45, 7) is 10.5. The molecule has 25 heavy (non-hydrogen) atoms. The highest BCUT2D eigenvalue weighted by Gasteiger charge is 2.25. The topological polar surface area (TPSA) is 84.2 Å². The van der Waals surface area contributed by atoms with Gasteiger partial charge < -0.3 is 10.4 Å². The van der Waals surface area contributed by atoms with Gasteiger partial charge in [-0.15, -0.1) is 0 Å². The lowest BCUT2D eigenvalue weighted by atomic mass is 10.0. The minimum absolute atomic E-state index is 0.399. The van der Waals surface area contributed by atoms with E-state index in [9.17, 15) is 14.7 Å². The molecule has 1 aromatic heterocycles. The van der Waals surface area contributed by atoms with Crippen LogP contribution in [0.25, 0.3) is 0 Å². The number of amides is 1. The molecule has 2 N–H and O–H groups in total. The van der Waals surface area contributed by atoms with Crippen molar-refractivity contribution in [3.63, 3.8) is 0 Å². The summed E-state index contributed by atoms with van der Waals surface area (Å²) in [4.78, 5) is 24.2. The van der Waals surface area contributed by atoms with Gasteiger partial charge >= 0.3 is 5.97 Å². The lowest BCUT2D eigenvalue weighted by Crippen LogP contribution is -2.34. The predicted octanol–water partition coefficient (Wildman–Crippen LogP) is 3.02. The number of nitrogens with zero attached hydrogens (tertiary/aromatic N) is 2. The van der Waals surface area contributed by atoms with E-state index in [0.717, 1.165) is 16.8 Å². The number of hydrogen-bond donors (Lipinski definition) is 2. The molecule has 1 heterocycles. The van der Waals surface area contributed by atoms with Crippen LogP contribution in [0.15, 0.2) is 24.4 Å². The summed E-state index contributed by atoms with van der Waals surface area (Å²) in [6.07, 6.45) is 1.49. The second-order valence-corrected chi connectivity index (χ2v) is 6.81. The Morgan fingerprint density at radius 3 is 2.44 bits per heavy atom.